The van der Waals surface area contributed by atoms with Gasteiger partial charge in [0.1, 0.15) is 0 Å². The third-order valence-electron chi connectivity index (χ3n) is 4.07. The number of nitrogens with zero attached hydrogens (tertiary/aromatic N) is 3. The zero-order valence-electron chi connectivity index (χ0n) is 15.0. The predicted molar refractivity (Wildman–Crippen MR) is 98.5 cm³/mol. The summed E-state index contributed by atoms with van der Waals surface area (Å²) in [5.74, 6) is -4.43. The lowest BCUT2D eigenvalue weighted by Gasteiger charge is -2.20. The van der Waals surface area contributed by atoms with Crippen LogP contribution in [0.15, 0.2) is 54.6 Å². The molecule has 3 aromatic rings. The SMILES string of the molecule is CCN(Cc1ccccc1)C(=O)c1ccc(Nc2ccc(F)c(F)c2F)nn1. The van der Waals surface area contributed by atoms with Crippen LogP contribution in [-0.4, -0.2) is 27.5 Å². The number of amides is 1. The lowest BCUT2D eigenvalue weighted by molar-refractivity contribution is 0.0745. The first-order valence-electron chi connectivity index (χ1n) is 8.57. The van der Waals surface area contributed by atoms with Gasteiger partial charge < -0.3 is 10.2 Å². The molecule has 0 aliphatic carbocycles. The summed E-state index contributed by atoms with van der Waals surface area (Å²) >= 11 is 0. The summed E-state index contributed by atoms with van der Waals surface area (Å²) in [5.41, 5.74) is 0.818. The van der Waals surface area contributed by atoms with Crippen LogP contribution < -0.4 is 5.32 Å². The number of nitrogens with one attached hydrogen (secondary N) is 1. The molecule has 0 saturated heterocycles. The second-order valence-electron chi connectivity index (χ2n) is 5.96. The van der Waals surface area contributed by atoms with Crippen molar-refractivity contribution in [2.24, 2.45) is 0 Å². The van der Waals surface area contributed by atoms with Gasteiger partial charge in [0.15, 0.2) is 29.0 Å². The van der Waals surface area contributed by atoms with Crippen molar-refractivity contribution in [2.75, 3.05) is 11.9 Å². The van der Waals surface area contributed by atoms with Crippen LogP contribution >= 0.6 is 0 Å². The lowest BCUT2D eigenvalue weighted by atomic mass is 10.2. The molecule has 28 heavy (non-hydrogen) atoms. The summed E-state index contributed by atoms with van der Waals surface area (Å²) in [7, 11) is 0. The zero-order valence-corrected chi connectivity index (χ0v) is 15.0. The monoisotopic (exact) mass is 386 g/mol. The van der Waals surface area contributed by atoms with Crippen molar-refractivity contribution >= 4 is 17.4 Å². The maximum atomic E-state index is 13.7. The first kappa shape index (κ1) is 19.3. The maximum absolute atomic E-state index is 13.7. The topological polar surface area (TPSA) is 58.1 Å². The van der Waals surface area contributed by atoms with Crippen LogP contribution in [0.5, 0.6) is 0 Å². The molecule has 1 N–H and O–H groups in total. The first-order chi connectivity index (χ1) is 13.5. The third-order valence-corrected chi connectivity index (χ3v) is 4.07. The van der Waals surface area contributed by atoms with E-state index in [9.17, 15) is 18.0 Å². The van der Waals surface area contributed by atoms with Crippen LogP contribution in [0.25, 0.3) is 0 Å². The van der Waals surface area contributed by atoms with E-state index in [0.717, 1.165) is 17.7 Å². The number of benzene rings is 2. The van der Waals surface area contributed by atoms with Gasteiger partial charge in [0.25, 0.3) is 5.91 Å². The van der Waals surface area contributed by atoms with Gasteiger partial charge in [0, 0.05) is 13.1 Å². The minimum atomic E-state index is -1.58. The van der Waals surface area contributed by atoms with Gasteiger partial charge in [0.05, 0.1) is 5.69 Å². The molecule has 144 valence electrons. The second-order valence-corrected chi connectivity index (χ2v) is 5.96. The zero-order chi connectivity index (χ0) is 20.1. The molecule has 2 aromatic carbocycles. The Balaban J connectivity index is 1.72. The smallest absolute Gasteiger partial charge is 0.274 e. The van der Waals surface area contributed by atoms with Gasteiger partial charge in [-0.15, -0.1) is 10.2 Å². The Morgan fingerprint density at radius 1 is 0.964 bits per heavy atom. The molecule has 0 aliphatic rings. The highest BCUT2D eigenvalue weighted by atomic mass is 19.2. The number of hydrogen-bond acceptors (Lipinski definition) is 4. The van der Waals surface area contributed by atoms with E-state index in [-0.39, 0.29) is 23.1 Å². The molecule has 8 heteroatoms. The minimum absolute atomic E-state index is 0.0903. The highest BCUT2D eigenvalue weighted by molar-refractivity contribution is 5.92. The molecule has 0 saturated carbocycles. The molecule has 0 fully saturated rings. The van der Waals surface area contributed by atoms with Gasteiger partial charge in [-0.25, -0.2) is 13.2 Å². The van der Waals surface area contributed by atoms with Crippen LogP contribution in [0.4, 0.5) is 24.7 Å². The fourth-order valence-corrected chi connectivity index (χ4v) is 2.57. The Hall–Kier alpha value is -3.42. The average Bonchev–Trinajstić information content (AvgIpc) is 2.73. The van der Waals surface area contributed by atoms with E-state index in [4.69, 9.17) is 0 Å². The molecule has 0 unspecified atom stereocenters. The van der Waals surface area contributed by atoms with Crippen molar-refractivity contribution in [3.8, 4) is 0 Å². The molecular formula is C20H17F3N4O. The van der Waals surface area contributed by atoms with Gasteiger partial charge in [-0.1, -0.05) is 30.3 Å². The summed E-state index contributed by atoms with van der Waals surface area (Å²) in [6, 6.07) is 14.2. The molecule has 0 atom stereocenters. The molecule has 3 rings (SSSR count). The van der Waals surface area contributed by atoms with E-state index in [2.05, 4.69) is 15.5 Å². The van der Waals surface area contributed by atoms with Gasteiger partial charge in [0.2, 0.25) is 0 Å². The Kier molecular flexibility index (Phi) is 5.88. The molecule has 0 radical (unpaired) electrons. The molecule has 1 heterocycles. The fraction of sp³-hybridized carbons (Fsp3) is 0.150. The van der Waals surface area contributed by atoms with E-state index in [1.807, 2.05) is 37.3 Å². The van der Waals surface area contributed by atoms with Gasteiger partial charge in [-0.2, -0.15) is 0 Å². The van der Waals surface area contributed by atoms with E-state index in [1.165, 1.54) is 12.1 Å². The molecule has 0 bridgehead atoms. The summed E-state index contributed by atoms with van der Waals surface area (Å²) in [6.45, 7) is 2.77. The predicted octanol–water partition coefficient (Wildman–Crippen LogP) is 4.30. The second kappa shape index (κ2) is 8.51. The quantitative estimate of drug-likeness (QED) is 0.642. The maximum Gasteiger partial charge on any atom is 0.274 e. The molecule has 0 spiro atoms. The molecule has 1 amide bonds. The minimum Gasteiger partial charge on any atom is -0.336 e. The van der Waals surface area contributed by atoms with Crippen molar-refractivity contribution in [3.05, 3.63) is 83.3 Å². The highest BCUT2D eigenvalue weighted by Gasteiger charge is 2.17. The largest absolute Gasteiger partial charge is 0.336 e. The van der Waals surface area contributed by atoms with Crippen molar-refractivity contribution in [2.45, 2.75) is 13.5 Å². The van der Waals surface area contributed by atoms with E-state index >= 15 is 0 Å². The van der Waals surface area contributed by atoms with Crippen LogP contribution in [0, 0.1) is 17.5 Å². The molecular weight excluding hydrogens is 369 g/mol. The lowest BCUT2D eigenvalue weighted by Crippen LogP contribution is -2.31. The summed E-state index contributed by atoms with van der Waals surface area (Å²) < 4.78 is 40.0. The van der Waals surface area contributed by atoms with Crippen molar-refractivity contribution in [3.63, 3.8) is 0 Å². The van der Waals surface area contributed by atoms with E-state index in [1.54, 1.807) is 4.90 Å². The molecule has 0 aliphatic heterocycles. The Morgan fingerprint density at radius 3 is 2.36 bits per heavy atom. The number of aromatic nitrogens is 2. The first-order valence-corrected chi connectivity index (χ1v) is 8.57. The number of anilines is 2. The van der Waals surface area contributed by atoms with E-state index in [0.29, 0.717) is 13.1 Å². The number of carbonyl (C=O) groups is 1. The van der Waals surface area contributed by atoms with Crippen LogP contribution in [0.2, 0.25) is 0 Å². The van der Waals surface area contributed by atoms with Crippen molar-refractivity contribution in [1.29, 1.82) is 0 Å². The summed E-state index contributed by atoms with van der Waals surface area (Å²) in [5, 5.41) is 10.2. The van der Waals surface area contributed by atoms with Crippen LogP contribution in [0.3, 0.4) is 0 Å². The van der Waals surface area contributed by atoms with Crippen LogP contribution in [0.1, 0.15) is 23.0 Å². The highest BCUT2D eigenvalue weighted by Crippen LogP contribution is 2.22. The fourth-order valence-electron chi connectivity index (χ4n) is 2.57. The number of halogens is 3. The Morgan fingerprint density at radius 2 is 1.71 bits per heavy atom. The van der Waals surface area contributed by atoms with Crippen molar-refractivity contribution in [1.82, 2.24) is 15.1 Å². The summed E-state index contributed by atoms with van der Waals surface area (Å²) in [4.78, 5) is 14.3. The third kappa shape index (κ3) is 4.28. The normalized spacial score (nSPS) is 10.6. The standard InChI is InChI=1S/C20H17F3N4O/c1-2-27(12-13-6-4-3-5-7-13)20(28)16-10-11-17(26-25-16)24-15-9-8-14(21)18(22)19(15)23/h3-11H,2,12H2,1H3,(H,24,26). The Labute approximate surface area is 159 Å². The van der Waals surface area contributed by atoms with E-state index < -0.39 is 17.5 Å². The average molecular weight is 386 g/mol. The van der Waals surface area contributed by atoms with Gasteiger partial charge in [-0.05, 0) is 36.8 Å². The number of hydrogen-bond donors (Lipinski definition) is 1. The number of carbonyl (C=O) groups excluding carboxylic acids is 1. The summed E-state index contributed by atoms with van der Waals surface area (Å²) in [6.07, 6.45) is 0. The Bertz CT molecular complexity index is 965. The number of rotatable bonds is 6. The molecule has 1 aromatic heterocycles. The van der Waals surface area contributed by atoms with Gasteiger partial charge >= 0.3 is 0 Å². The molecule has 5 nitrogen and oxygen atoms in total. The van der Waals surface area contributed by atoms with Gasteiger partial charge in [-0.3, -0.25) is 4.79 Å². The van der Waals surface area contributed by atoms with Crippen LogP contribution in [-0.2, 0) is 6.54 Å². The van der Waals surface area contributed by atoms with Crippen molar-refractivity contribution < 1.29 is 18.0 Å².